The fourth-order valence-electron chi connectivity index (χ4n) is 8.78. The molecule has 8 aromatic carbocycles. The second kappa shape index (κ2) is 23.0. The molecule has 0 heterocycles. The zero-order valence-corrected chi connectivity index (χ0v) is 41.0. The summed E-state index contributed by atoms with van der Waals surface area (Å²) in [7, 11) is 0. The van der Waals surface area contributed by atoms with Crippen molar-refractivity contribution in [1.82, 2.24) is 0 Å². The van der Waals surface area contributed by atoms with E-state index < -0.39 is 11.9 Å². The number of hydrogen-bond acceptors (Lipinski definition) is 4. The number of unbranched alkanes of at least 4 members (excludes halogenated alkanes) is 3. The molecule has 0 aromatic heterocycles. The molecule has 8 heteroatoms. The first-order valence-corrected chi connectivity index (χ1v) is 29.4. The Labute approximate surface area is 406 Å². The van der Waals surface area contributed by atoms with Crippen molar-refractivity contribution in [3.63, 3.8) is 0 Å². The minimum absolute atomic E-state index is 0.504. The van der Waals surface area contributed by atoms with Gasteiger partial charge in [-0.2, -0.15) is 0 Å². The molecule has 0 aliphatic carbocycles. The fourth-order valence-corrected chi connectivity index (χ4v) is 21.1. The van der Waals surface area contributed by atoms with Crippen molar-refractivity contribution in [2.45, 2.75) is 44.4 Å². The predicted molar refractivity (Wildman–Crippen MR) is 288 cm³/mol. The first-order valence-electron chi connectivity index (χ1n) is 22.8. The molecule has 0 saturated carbocycles. The van der Waals surface area contributed by atoms with Gasteiger partial charge in [0.15, 0.2) is 0 Å². The van der Waals surface area contributed by atoms with Gasteiger partial charge < -0.3 is 0 Å². The number of nitriles is 2. The molecule has 0 radical (unpaired) electrons. The summed E-state index contributed by atoms with van der Waals surface area (Å²) in [6, 6.07) is 84.0. The first kappa shape index (κ1) is 48.7. The molecule has 0 spiro atoms. The van der Waals surface area contributed by atoms with Gasteiger partial charge >= 0.3 is 409 Å². The van der Waals surface area contributed by atoms with Crippen LogP contribution in [0.5, 0.6) is 11.5 Å². The number of halogens is 2. The summed E-state index contributed by atoms with van der Waals surface area (Å²) in [5.41, 5.74) is 2.32. The van der Waals surface area contributed by atoms with E-state index in [1.54, 1.807) is 0 Å². The molecule has 0 amide bonds. The Bertz CT molecular complexity index is 2630. The summed E-state index contributed by atoms with van der Waals surface area (Å²) in [4.78, 5) is 0. The summed E-state index contributed by atoms with van der Waals surface area (Å²) < 4.78 is 11.7. The van der Waals surface area contributed by atoms with Crippen LogP contribution in [0.15, 0.2) is 231 Å². The monoisotopic (exact) mass is 956 g/mol. The molecule has 338 valence electrons. The van der Waals surface area contributed by atoms with Crippen LogP contribution in [0.25, 0.3) is 0 Å². The Morgan fingerprint density at radius 3 is 0.851 bits per heavy atom. The molecule has 8 aromatic rings. The van der Waals surface area contributed by atoms with E-state index in [2.05, 4.69) is 182 Å². The first-order chi connectivity index (χ1) is 32.8. The van der Waals surface area contributed by atoms with E-state index in [4.69, 9.17) is 42.5 Å². The van der Waals surface area contributed by atoms with E-state index in [0.717, 1.165) is 68.2 Å². The average molecular weight is 958 g/mol. The molecule has 8 rings (SSSR count). The van der Waals surface area contributed by atoms with Crippen molar-refractivity contribution in [3.05, 3.63) is 242 Å². The third-order valence-corrected chi connectivity index (χ3v) is 26.6. The number of hydrogen-bond donors (Lipinski definition) is 0. The van der Waals surface area contributed by atoms with Crippen molar-refractivity contribution in [3.8, 4) is 23.6 Å². The van der Waals surface area contributed by atoms with Crippen molar-refractivity contribution >= 4 is 66.2 Å². The fraction of sp³-hybridized carbons (Fsp3) is 0.153. The van der Waals surface area contributed by atoms with E-state index in [1.807, 2.05) is 60.7 Å². The van der Waals surface area contributed by atoms with Crippen molar-refractivity contribution < 1.29 is 9.47 Å². The standard InChI is InChI=1S/C30H29ClNOP.C29H27ClNOP/c31-34(28-13-5-1-6-14-28,29-15-7-2-8-16-29,30-17-9-3-10-18-30)25-26-19-21-27(22-20-26)33-24-12-4-11-23-32;30-33(27-12-4-1-5-13-27,28-14-6-2-7-15-28,29-16-8-3-9-17-29)24-25-18-20-26(21-19-25)32-23-11-10-22-31/h1-3,5-10,13-22H,4,11-12,24-25H2;1-9,12-21H,10-11,23-24H2. The average Bonchev–Trinajstić information content (AvgIpc) is 3.40. The summed E-state index contributed by atoms with van der Waals surface area (Å²) in [5.74, 6) is -5.03. The maximum atomic E-state index is 8.70. The Kier molecular flexibility index (Phi) is 16.7. The van der Waals surface area contributed by atoms with Gasteiger partial charge in [0.2, 0.25) is 0 Å². The SMILES string of the molecule is N#CCCCCOc1ccc(CP(Cl)(c2ccccc2)(c2ccccc2)c2ccccc2)cc1.N#CCCCOc1ccc(CP(Cl)(c2ccccc2)(c2ccccc2)c2ccccc2)cc1. The van der Waals surface area contributed by atoms with Gasteiger partial charge in [0.05, 0.1) is 0 Å². The molecular formula is C59H56Cl2N2O2P2. The van der Waals surface area contributed by atoms with Gasteiger partial charge in [0, 0.05) is 0 Å². The number of nitrogens with zero attached hydrogens (tertiary/aromatic N) is 2. The summed E-state index contributed by atoms with van der Waals surface area (Å²) in [6.45, 7) is 1.16. The van der Waals surface area contributed by atoms with Crippen LogP contribution in [0.3, 0.4) is 0 Å². The molecule has 0 fully saturated rings. The van der Waals surface area contributed by atoms with Crippen LogP contribution < -0.4 is 41.3 Å². The van der Waals surface area contributed by atoms with Crippen molar-refractivity contribution in [2.75, 3.05) is 13.2 Å². The molecule has 0 bridgehead atoms. The van der Waals surface area contributed by atoms with E-state index in [0.29, 0.717) is 38.4 Å². The van der Waals surface area contributed by atoms with Gasteiger partial charge in [0.25, 0.3) is 0 Å². The minimum atomic E-state index is -3.34. The summed E-state index contributed by atoms with van der Waals surface area (Å²) >= 11 is 16.3. The molecule has 0 aliphatic heterocycles. The predicted octanol–water partition coefficient (Wildman–Crippen LogP) is 13.5. The molecule has 4 nitrogen and oxygen atoms in total. The van der Waals surface area contributed by atoms with Gasteiger partial charge in [-0.1, -0.05) is 0 Å². The third-order valence-electron chi connectivity index (χ3n) is 12.2. The quantitative estimate of drug-likeness (QED) is 0.0598. The summed E-state index contributed by atoms with van der Waals surface area (Å²) in [6.07, 6.45) is 4.94. The van der Waals surface area contributed by atoms with Gasteiger partial charge in [-0.25, -0.2) is 0 Å². The molecule has 67 heavy (non-hydrogen) atoms. The Balaban J connectivity index is 0.000000199. The van der Waals surface area contributed by atoms with Gasteiger partial charge in [-0.05, 0) is 0 Å². The van der Waals surface area contributed by atoms with E-state index in [9.17, 15) is 0 Å². The van der Waals surface area contributed by atoms with Crippen molar-refractivity contribution in [1.29, 1.82) is 10.5 Å². The van der Waals surface area contributed by atoms with Crippen LogP contribution in [0.2, 0.25) is 0 Å². The van der Waals surface area contributed by atoms with Crippen LogP contribution in [-0.2, 0) is 12.3 Å². The maximum absolute atomic E-state index is 8.70. The Morgan fingerprint density at radius 1 is 0.328 bits per heavy atom. The molecule has 0 aliphatic rings. The Morgan fingerprint density at radius 2 is 0.582 bits per heavy atom. The van der Waals surface area contributed by atoms with Gasteiger partial charge in [-0.15, -0.1) is 0 Å². The van der Waals surface area contributed by atoms with E-state index in [1.165, 1.54) is 5.56 Å². The second-order valence-electron chi connectivity index (χ2n) is 16.6. The van der Waals surface area contributed by atoms with Crippen LogP contribution in [0, 0.1) is 22.7 Å². The van der Waals surface area contributed by atoms with Gasteiger partial charge in [-0.3, -0.25) is 0 Å². The van der Waals surface area contributed by atoms with E-state index in [-0.39, 0.29) is 0 Å². The normalized spacial score (nSPS) is 12.3. The van der Waals surface area contributed by atoms with Crippen LogP contribution in [0.4, 0.5) is 0 Å². The zero-order chi connectivity index (χ0) is 46.7. The molecule has 0 saturated heterocycles. The topological polar surface area (TPSA) is 66.0 Å². The van der Waals surface area contributed by atoms with Crippen molar-refractivity contribution in [2.24, 2.45) is 0 Å². The third kappa shape index (κ3) is 11.0. The number of benzene rings is 8. The van der Waals surface area contributed by atoms with E-state index >= 15 is 0 Å². The number of rotatable bonds is 19. The molecular weight excluding hydrogens is 902 g/mol. The van der Waals surface area contributed by atoms with Crippen LogP contribution in [-0.4, -0.2) is 13.2 Å². The molecule has 0 atom stereocenters. The second-order valence-corrected chi connectivity index (χ2v) is 29.5. The molecule has 0 N–H and O–H groups in total. The Hall–Kier alpha value is -6.22. The van der Waals surface area contributed by atoms with Gasteiger partial charge in [0.1, 0.15) is 0 Å². The zero-order valence-electron chi connectivity index (χ0n) is 37.7. The summed E-state index contributed by atoms with van der Waals surface area (Å²) in [5, 5.41) is 24.3. The number of ether oxygens (including phenoxy) is 2. The molecule has 0 unspecified atom stereocenters. The van der Waals surface area contributed by atoms with Crippen LogP contribution >= 0.6 is 34.4 Å². The van der Waals surface area contributed by atoms with Crippen LogP contribution in [0.1, 0.15) is 43.2 Å².